The van der Waals surface area contributed by atoms with Crippen molar-refractivity contribution in [2.75, 3.05) is 25.0 Å². The van der Waals surface area contributed by atoms with Crippen LogP contribution in [-0.4, -0.2) is 42.4 Å². The van der Waals surface area contributed by atoms with E-state index in [0.29, 0.717) is 12.5 Å². The number of amides is 2. The van der Waals surface area contributed by atoms with Gasteiger partial charge in [-0.2, -0.15) is 0 Å². The number of likely N-dealkylation sites (tertiary alicyclic amines) is 1. The van der Waals surface area contributed by atoms with Crippen molar-refractivity contribution in [3.05, 3.63) is 65.2 Å². The molecule has 30 heavy (non-hydrogen) atoms. The Morgan fingerprint density at radius 3 is 2.37 bits per heavy atom. The van der Waals surface area contributed by atoms with Crippen LogP contribution in [0.1, 0.15) is 60.5 Å². The van der Waals surface area contributed by atoms with Gasteiger partial charge in [0, 0.05) is 30.4 Å². The molecule has 2 amide bonds. The first-order valence-corrected chi connectivity index (χ1v) is 10.9. The molecule has 5 nitrogen and oxygen atoms in total. The topological polar surface area (TPSA) is 61.4 Å². The Kier molecular flexibility index (Phi) is 7.63. The number of hydrogen-bond acceptors (Lipinski definition) is 3. The molecule has 0 bridgehead atoms. The largest absolute Gasteiger partial charge is 0.349 e. The number of rotatable bonds is 7. The van der Waals surface area contributed by atoms with E-state index in [9.17, 15) is 9.59 Å². The highest BCUT2D eigenvalue weighted by Crippen LogP contribution is 2.20. The van der Waals surface area contributed by atoms with E-state index in [1.165, 1.54) is 5.56 Å². The van der Waals surface area contributed by atoms with Crippen molar-refractivity contribution < 1.29 is 9.59 Å². The molecule has 0 aliphatic carbocycles. The van der Waals surface area contributed by atoms with Crippen LogP contribution in [0.15, 0.2) is 48.5 Å². The summed E-state index contributed by atoms with van der Waals surface area (Å²) in [6.45, 7) is 8.33. The van der Waals surface area contributed by atoms with Gasteiger partial charge in [0.1, 0.15) is 0 Å². The van der Waals surface area contributed by atoms with Crippen LogP contribution in [0.5, 0.6) is 0 Å². The van der Waals surface area contributed by atoms with Crippen molar-refractivity contribution in [3.8, 4) is 0 Å². The van der Waals surface area contributed by atoms with Crippen LogP contribution in [0.4, 0.5) is 5.69 Å². The number of hydrogen-bond donors (Lipinski definition) is 2. The van der Waals surface area contributed by atoms with E-state index >= 15 is 0 Å². The molecule has 0 saturated carbocycles. The molecule has 1 unspecified atom stereocenters. The molecule has 2 aromatic carbocycles. The lowest BCUT2D eigenvalue weighted by molar-refractivity contribution is -0.117. The predicted molar refractivity (Wildman–Crippen MR) is 122 cm³/mol. The lowest BCUT2D eigenvalue weighted by Gasteiger charge is -2.32. The van der Waals surface area contributed by atoms with E-state index in [1.54, 1.807) is 0 Å². The third-order valence-corrected chi connectivity index (χ3v) is 6.06. The molecule has 1 atom stereocenters. The SMILES string of the molecule is CCC(C)c1ccc(NC(=O)CN2CCC(NC(=O)c3ccccc3C)CC2)cc1. The minimum absolute atomic E-state index is 0.00804. The summed E-state index contributed by atoms with van der Waals surface area (Å²) in [5, 5.41) is 6.14. The zero-order valence-electron chi connectivity index (χ0n) is 18.3. The molecule has 1 heterocycles. The van der Waals surface area contributed by atoms with Crippen LogP contribution in [-0.2, 0) is 4.79 Å². The highest BCUT2D eigenvalue weighted by Gasteiger charge is 2.23. The Balaban J connectivity index is 1.42. The van der Waals surface area contributed by atoms with E-state index < -0.39 is 0 Å². The minimum Gasteiger partial charge on any atom is -0.349 e. The van der Waals surface area contributed by atoms with Gasteiger partial charge in [-0.15, -0.1) is 0 Å². The zero-order chi connectivity index (χ0) is 21.5. The van der Waals surface area contributed by atoms with Crippen molar-refractivity contribution >= 4 is 17.5 Å². The first-order valence-electron chi connectivity index (χ1n) is 10.9. The molecule has 1 aliphatic rings. The van der Waals surface area contributed by atoms with Gasteiger partial charge in [-0.05, 0) is 61.4 Å². The fourth-order valence-electron chi connectivity index (χ4n) is 3.86. The molecule has 0 aromatic heterocycles. The molecular formula is C25H33N3O2. The van der Waals surface area contributed by atoms with Crippen LogP contribution in [0.25, 0.3) is 0 Å². The summed E-state index contributed by atoms with van der Waals surface area (Å²) in [6, 6.07) is 15.9. The molecule has 1 aliphatic heterocycles. The minimum atomic E-state index is -0.00914. The number of carbonyl (C=O) groups excluding carboxylic acids is 2. The predicted octanol–water partition coefficient (Wildman–Crippen LogP) is 4.34. The Morgan fingerprint density at radius 1 is 1.07 bits per heavy atom. The molecule has 2 N–H and O–H groups in total. The Hall–Kier alpha value is -2.66. The Morgan fingerprint density at radius 2 is 1.73 bits per heavy atom. The van der Waals surface area contributed by atoms with Crippen molar-refractivity contribution in [3.63, 3.8) is 0 Å². The second kappa shape index (κ2) is 10.4. The van der Waals surface area contributed by atoms with Gasteiger partial charge >= 0.3 is 0 Å². The highest BCUT2D eigenvalue weighted by atomic mass is 16.2. The Bertz CT molecular complexity index is 855. The molecule has 2 aromatic rings. The summed E-state index contributed by atoms with van der Waals surface area (Å²) < 4.78 is 0. The van der Waals surface area contributed by atoms with Gasteiger partial charge in [0.15, 0.2) is 0 Å². The maximum absolute atomic E-state index is 12.5. The van der Waals surface area contributed by atoms with Gasteiger partial charge in [-0.25, -0.2) is 0 Å². The zero-order valence-corrected chi connectivity index (χ0v) is 18.3. The third-order valence-electron chi connectivity index (χ3n) is 6.06. The normalized spacial score (nSPS) is 16.1. The second-order valence-corrected chi connectivity index (χ2v) is 8.32. The first kappa shape index (κ1) is 22.0. The summed E-state index contributed by atoms with van der Waals surface area (Å²) >= 11 is 0. The van der Waals surface area contributed by atoms with Gasteiger partial charge in [0.25, 0.3) is 5.91 Å². The molecular weight excluding hydrogens is 374 g/mol. The van der Waals surface area contributed by atoms with Crippen LogP contribution in [0, 0.1) is 6.92 Å². The maximum Gasteiger partial charge on any atom is 0.251 e. The van der Waals surface area contributed by atoms with Gasteiger partial charge in [-0.3, -0.25) is 14.5 Å². The standard InChI is InChI=1S/C25H33N3O2/c1-4-18(2)20-9-11-21(12-10-20)26-24(29)17-28-15-13-22(14-16-28)27-25(30)23-8-6-5-7-19(23)3/h5-12,18,22H,4,13-17H2,1-3H3,(H,26,29)(H,27,30). The van der Waals surface area contributed by atoms with Gasteiger partial charge in [0.05, 0.1) is 6.54 Å². The maximum atomic E-state index is 12.5. The van der Waals surface area contributed by atoms with Gasteiger partial charge < -0.3 is 10.6 Å². The number of benzene rings is 2. The number of nitrogens with one attached hydrogen (secondary N) is 2. The molecule has 1 fully saturated rings. The van der Waals surface area contributed by atoms with Gasteiger partial charge in [-0.1, -0.05) is 44.2 Å². The van der Waals surface area contributed by atoms with Crippen molar-refractivity contribution in [1.29, 1.82) is 0 Å². The van der Waals surface area contributed by atoms with Crippen molar-refractivity contribution in [2.24, 2.45) is 0 Å². The van der Waals surface area contributed by atoms with Crippen LogP contribution in [0.3, 0.4) is 0 Å². The van der Waals surface area contributed by atoms with Crippen LogP contribution in [0.2, 0.25) is 0 Å². The first-order chi connectivity index (χ1) is 14.5. The monoisotopic (exact) mass is 407 g/mol. The van der Waals surface area contributed by atoms with Crippen LogP contribution >= 0.6 is 0 Å². The van der Waals surface area contributed by atoms with E-state index in [-0.39, 0.29) is 17.9 Å². The number of anilines is 1. The van der Waals surface area contributed by atoms with Gasteiger partial charge in [0.2, 0.25) is 5.91 Å². The van der Waals surface area contributed by atoms with E-state index in [0.717, 1.165) is 49.2 Å². The van der Waals surface area contributed by atoms with E-state index in [1.807, 2.05) is 43.3 Å². The molecule has 3 rings (SSSR count). The summed E-state index contributed by atoms with van der Waals surface area (Å²) in [5.41, 5.74) is 3.86. The van der Waals surface area contributed by atoms with Crippen molar-refractivity contribution in [2.45, 2.75) is 52.0 Å². The fraction of sp³-hybridized carbons (Fsp3) is 0.440. The molecule has 0 spiro atoms. The summed E-state index contributed by atoms with van der Waals surface area (Å²) in [4.78, 5) is 27.1. The lowest BCUT2D eigenvalue weighted by atomic mass is 9.99. The highest BCUT2D eigenvalue weighted by molar-refractivity contribution is 5.95. The summed E-state index contributed by atoms with van der Waals surface area (Å²) in [7, 11) is 0. The van der Waals surface area contributed by atoms with Crippen molar-refractivity contribution in [1.82, 2.24) is 10.2 Å². The molecule has 0 radical (unpaired) electrons. The average Bonchev–Trinajstić information content (AvgIpc) is 2.75. The average molecular weight is 408 g/mol. The molecule has 1 saturated heterocycles. The third kappa shape index (κ3) is 5.92. The summed E-state index contributed by atoms with van der Waals surface area (Å²) in [6.07, 6.45) is 2.82. The number of carbonyl (C=O) groups is 2. The van der Waals surface area contributed by atoms with Crippen LogP contribution < -0.4 is 10.6 Å². The molecule has 5 heteroatoms. The second-order valence-electron chi connectivity index (χ2n) is 8.32. The number of piperidine rings is 1. The molecule has 160 valence electrons. The quantitative estimate of drug-likeness (QED) is 0.718. The van der Waals surface area contributed by atoms with E-state index in [2.05, 4.69) is 41.5 Å². The smallest absolute Gasteiger partial charge is 0.251 e. The van der Waals surface area contributed by atoms with E-state index in [4.69, 9.17) is 0 Å². The lowest BCUT2D eigenvalue weighted by Crippen LogP contribution is -2.46. The number of aryl methyl sites for hydroxylation is 1. The Labute approximate surface area is 179 Å². The fourth-order valence-corrected chi connectivity index (χ4v) is 3.86. The summed E-state index contributed by atoms with van der Waals surface area (Å²) in [5.74, 6) is 0.529. The number of nitrogens with zero attached hydrogens (tertiary/aromatic N) is 1.